The lowest BCUT2D eigenvalue weighted by Gasteiger charge is -2.22. The number of nitrogens with one attached hydrogen (secondary N) is 1. The van der Waals surface area contributed by atoms with E-state index in [0.717, 1.165) is 0 Å². The molecule has 14 heteroatoms. The summed E-state index contributed by atoms with van der Waals surface area (Å²) in [5.74, 6) is -0.801. The highest BCUT2D eigenvalue weighted by Crippen LogP contribution is 2.47. The maximum Gasteiger partial charge on any atom is 0.419 e. The van der Waals surface area contributed by atoms with Gasteiger partial charge >= 0.3 is 12.4 Å². The predicted molar refractivity (Wildman–Crippen MR) is 105 cm³/mol. The van der Waals surface area contributed by atoms with Crippen molar-refractivity contribution >= 4 is 34.7 Å². The van der Waals surface area contributed by atoms with Crippen LogP contribution in [0.1, 0.15) is 16.7 Å². The smallest absolute Gasteiger partial charge is 0.268 e. The van der Waals surface area contributed by atoms with Gasteiger partial charge in [0, 0.05) is 5.56 Å². The van der Waals surface area contributed by atoms with Gasteiger partial charge in [0.1, 0.15) is 0 Å². The molecule has 1 N–H and O–H groups in total. The number of rotatable bonds is 3. The summed E-state index contributed by atoms with van der Waals surface area (Å²) in [6, 6.07) is 7.86. The first-order valence-corrected chi connectivity index (χ1v) is 9.68. The van der Waals surface area contributed by atoms with Gasteiger partial charge in [-0.2, -0.15) is 26.3 Å². The summed E-state index contributed by atoms with van der Waals surface area (Å²) in [5.41, 5.74) is -4.27. The molecule has 170 valence electrons. The number of carbonyl (C=O) groups excluding carboxylic acids is 2. The Balaban J connectivity index is 1.71. The van der Waals surface area contributed by atoms with Crippen LogP contribution in [-0.4, -0.2) is 31.8 Å². The van der Waals surface area contributed by atoms with E-state index in [1.807, 2.05) is 0 Å². The van der Waals surface area contributed by atoms with Gasteiger partial charge < -0.3 is 0 Å². The topological polar surface area (TPSA) is 91.8 Å². The number of carbonyl (C=O) groups is 2. The van der Waals surface area contributed by atoms with Gasteiger partial charge in [-0.25, -0.2) is 10.00 Å². The number of halogens is 6. The number of thioether (sulfide) groups is 1. The Hall–Kier alpha value is -3.68. The van der Waals surface area contributed by atoms with E-state index in [1.54, 1.807) is 12.1 Å². The fraction of sp³-hybridized carbons (Fsp3) is 0.105. The first-order valence-electron chi connectivity index (χ1n) is 8.86. The number of aromatic nitrogens is 4. The van der Waals surface area contributed by atoms with Crippen molar-refractivity contribution in [2.75, 3.05) is 4.90 Å². The summed E-state index contributed by atoms with van der Waals surface area (Å²) in [6.45, 7) is 0. The molecule has 4 rings (SSSR count). The largest absolute Gasteiger partial charge is 0.419 e. The fourth-order valence-electron chi connectivity index (χ4n) is 3.11. The summed E-state index contributed by atoms with van der Waals surface area (Å²) < 4.78 is 80.3. The van der Waals surface area contributed by atoms with E-state index in [9.17, 15) is 35.9 Å². The lowest BCUT2D eigenvalue weighted by Crippen LogP contribution is -2.31. The van der Waals surface area contributed by atoms with Gasteiger partial charge in [-0.1, -0.05) is 30.3 Å². The second-order valence-corrected chi connectivity index (χ2v) is 7.58. The number of amides is 2. The summed E-state index contributed by atoms with van der Waals surface area (Å²) in [7, 11) is 0. The second kappa shape index (κ2) is 8.03. The SMILES string of the molecule is O=C1S/C(=C\c2ccc(-c3nnn[nH]3)cc2)C(=O)N1c1cccc(C(F)(F)F)c1C(F)(F)F. The summed E-state index contributed by atoms with van der Waals surface area (Å²) in [5, 5.41) is 12.0. The lowest BCUT2D eigenvalue weighted by molar-refractivity contribution is -0.161. The molecular formula is C19H9F6N5O2S. The number of aromatic amines is 1. The van der Waals surface area contributed by atoms with Crippen LogP contribution in [0.2, 0.25) is 0 Å². The van der Waals surface area contributed by atoms with Crippen LogP contribution in [0.3, 0.4) is 0 Å². The van der Waals surface area contributed by atoms with E-state index in [0.29, 0.717) is 40.8 Å². The number of imide groups is 1. The van der Waals surface area contributed by atoms with E-state index in [-0.39, 0.29) is 15.9 Å². The molecule has 2 heterocycles. The zero-order chi connectivity index (χ0) is 24.0. The standard InChI is InChI=1S/C19H9F6N5O2S/c20-18(21,22)11-2-1-3-12(14(11)19(23,24)25)30-16(31)13(33-17(30)32)8-9-4-6-10(7-5-9)15-26-28-29-27-15/h1-8H,(H,26,27,28,29)/b13-8-. The highest BCUT2D eigenvalue weighted by Gasteiger charge is 2.48. The Kier molecular flexibility index (Phi) is 5.47. The second-order valence-electron chi connectivity index (χ2n) is 6.58. The Morgan fingerprint density at radius 3 is 2.21 bits per heavy atom. The number of hydrogen-bond donors (Lipinski definition) is 1. The maximum atomic E-state index is 13.6. The summed E-state index contributed by atoms with van der Waals surface area (Å²) in [4.78, 5) is 25.0. The molecular weight excluding hydrogens is 476 g/mol. The molecule has 1 aliphatic rings. The number of hydrogen-bond acceptors (Lipinski definition) is 6. The van der Waals surface area contributed by atoms with Crippen molar-refractivity contribution in [3.05, 3.63) is 64.1 Å². The Bertz CT molecular complexity index is 1250. The molecule has 0 unspecified atom stereocenters. The molecule has 0 radical (unpaired) electrons. The Labute approximate surface area is 184 Å². The number of benzene rings is 2. The van der Waals surface area contributed by atoms with Gasteiger partial charge in [0.2, 0.25) is 0 Å². The molecule has 0 atom stereocenters. The first kappa shape index (κ1) is 22.5. The molecule has 2 aromatic carbocycles. The van der Waals surface area contributed by atoms with Gasteiger partial charge in [-0.15, -0.1) is 5.10 Å². The van der Waals surface area contributed by atoms with Crippen LogP contribution in [0.4, 0.5) is 36.8 Å². The molecule has 0 aliphatic carbocycles. The van der Waals surface area contributed by atoms with Crippen LogP contribution in [0.5, 0.6) is 0 Å². The van der Waals surface area contributed by atoms with E-state index in [4.69, 9.17) is 0 Å². The minimum Gasteiger partial charge on any atom is -0.268 e. The van der Waals surface area contributed by atoms with E-state index in [2.05, 4.69) is 20.6 Å². The van der Waals surface area contributed by atoms with Crippen molar-refractivity contribution in [1.82, 2.24) is 20.6 Å². The minimum atomic E-state index is -5.47. The van der Waals surface area contributed by atoms with E-state index >= 15 is 0 Å². The lowest BCUT2D eigenvalue weighted by atomic mass is 10.0. The van der Waals surface area contributed by atoms with Crippen molar-refractivity contribution < 1.29 is 35.9 Å². The van der Waals surface area contributed by atoms with E-state index in [1.165, 1.54) is 18.2 Å². The molecule has 2 amide bonds. The van der Waals surface area contributed by atoms with Crippen molar-refractivity contribution in [2.24, 2.45) is 0 Å². The van der Waals surface area contributed by atoms with Crippen molar-refractivity contribution in [1.29, 1.82) is 0 Å². The Morgan fingerprint density at radius 1 is 0.939 bits per heavy atom. The molecule has 1 fully saturated rings. The predicted octanol–water partition coefficient (Wildman–Crippen LogP) is 5.15. The average molecular weight is 485 g/mol. The van der Waals surface area contributed by atoms with Gasteiger partial charge in [-0.05, 0) is 46.0 Å². The van der Waals surface area contributed by atoms with Gasteiger partial charge in [0.05, 0.1) is 21.7 Å². The van der Waals surface area contributed by atoms with Crippen molar-refractivity contribution in [2.45, 2.75) is 12.4 Å². The number of tetrazole rings is 1. The quantitative estimate of drug-likeness (QED) is 0.408. The molecule has 1 aromatic heterocycles. The van der Waals surface area contributed by atoms with Crippen molar-refractivity contribution in [3.63, 3.8) is 0 Å². The zero-order valence-corrected chi connectivity index (χ0v) is 16.7. The molecule has 3 aromatic rings. The van der Waals surface area contributed by atoms with Gasteiger partial charge in [-0.3, -0.25) is 9.59 Å². The van der Waals surface area contributed by atoms with Crippen LogP contribution < -0.4 is 4.90 Å². The number of anilines is 1. The van der Waals surface area contributed by atoms with Gasteiger partial charge in [0.15, 0.2) is 5.82 Å². The summed E-state index contributed by atoms with van der Waals surface area (Å²) >= 11 is 0.318. The molecule has 0 saturated carbocycles. The zero-order valence-electron chi connectivity index (χ0n) is 15.9. The highest BCUT2D eigenvalue weighted by atomic mass is 32.2. The van der Waals surface area contributed by atoms with Crippen LogP contribution in [0.15, 0.2) is 47.4 Å². The molecule has 7 nitrogen and oxygen atoms in total. The molecule has 1 saturated heterocycles. The molecule has 1 aliphatic heterocycles. The Morgan fingerprint density at radius 2 is 1.64 bits per heavy atom. The van der Waals surface area contributed by atoms with Crippen LogP contribution in [-0.2, 0) is 17.1 Å². The normalized spacial score (nSPS) is 16.2. The third-order valence-corrected chi connectivity index (χ3v) is 5.36. The number of nitrogens with zero attached hydrogens (tertiary/aromatic N) is 4. The third kappa shape index (κ3) is 4.33. The molecule has 33 heavy (non-hydrogen) atoms. The van der Waals surface area contributed by atoms with Crippen LogP contribution in [0, 0.1) is 0 Å². The monoisotopic (exact) mass is 485 g/mol. The maximum absolute atomic E-state index is 13.6. The van der Waals surface area contributed by atoms with Crippen LogP contribution >= 0.6 is 11.8 Å². The average Bonchev–Trinajstić information content (AvgIpc) is 3.35. The highest BCUT2D eigenvalue weighted by molar-refractivity contribution is 8.19. The van der Waals surface area contributed by atoms with Crippen LogP contribution in [0.25, 0.3) is 17.5 Å². The molecule has 0 spiro atoms. The fourth-order valence-corrected chi connectivity index (χ4v) is 3.94. The van der Waals surface area contributed by atoms with Crippen molar-refractivity contribution in [3.8, 4) is 11.4 Å². The minimum absolute atomic E-state index is 0.100. The third-order valence-electron chi connectivity index (χ3n) is 4.49. The number of H-pyrrole nitrogens is 1. The van der Waals surface area contributed by atoms with E-state index < -0.39 is 40.3 Å². The summed E-state index contributed by atoms with van der Waals surface area (Å²) in [6.07, 6.45) is -9.57. The van der Waals surface area contributed by atoms with Gasteiger partial charge in [0.25, 0.3) is 11.1 Å². The first-order chi connectivity index (χ1) is 15.5. The molecule has 0 bridgehead atoms. The number of alkyl halides is 6.